The minimum Gasteiger partial charge on any atom is -0.271 e. The van der Waals surface area contributed by atoms with Crippen LogP contribution in [0.1, 0.15) is 32.4 Å². The van der Waals surface area contributed by atoms with Crippen LogP contribution in [0.2, 0.25) is 0 Å². The summed E-state index contributed by atoms with van der Waals surface area (Å²) in [6.45, 7) is 6.53. The summed E-state index contributed by atoms with van der Waals surface area (Å²) in [5, 5.41) is 0. The number of nitrogens with two attached hydrogens (primary N) is 1. The molecule has 1 aromatic rings. The molecule has 4 nitrogen and oxygen atoms in total. The first-order valence-corrected chi connectivity index (χ1v) is 4.87. The fourth-order valence-electron chi connectivity index (χ4n) is 1.41. The highest BCUT2D eigenvalue weighted by atomic mass is 15.2. The number of hydrazine groups is 1. The van der Waals surface area contributed by atoms with Gasteiger partial charge in [0.25, 0.3) is 0 Å². The first-order valence-electron chi connectivity index (χ1n) is 4.87. The molecule has 0 aliphatic carbocycles. The Bertz CT molecular complexity index is 260. The molecule has 0 bridgehead atoms. The summed E-state index contributed by atoms with van der Waals surface area (Å²) in [6.07, 6.45) is 5.13. The minimum absolute atomic E-state index is 0.121. The van der Waals surface area contributed by atoms with Gasteiger partial charge in [-0.1, -0.05) is 20.8 Å². The third-order valence-corrected chi connectivity index (χ3v) is 2.70. The second kappa shape index (κ2) is 5.02. The quantitative estimate of drug-likeness (QED) is 0.559. The molecule has 1 aromatic heterocycles. The van der Waals surface area contributed by atoms with Crippen LogP contribution in [0.4, 0.5) is 0 Å². The zero-order valence-corrected chi connectivity index (χ0v) is 8.94. The summed E-state index contributed by atoms with van der Waals surface area (Å²) < 4.78 is 0. The monoisotopic (exact) mass is 194 g/mol. The largest absolute Gasteiger partial charge is 0.271 e. The van der Waals surface area contributed by atoms with Crippen LogP contribution < -0.4 is 11.3 Å². The Balaban J connectivity index is 2.82. The van der Waals surface area contributed by atoms with Gasteiger partial charge in [0.2, 0.25) is 0 Å². The molecular weight excluding hydrogens is 176 g/mol. The van der Waals surface area contributed by atoms with E-state index in [1.54, 1.807) is 12.4 Å². The molecular formula is C10H18N4. The van der Waals surface area contributed by atoms with Gasteiger partial charge in [0, 0.05) is 18.0 Å². The zero-order valence-electron chi connectivity index (χ0n) is 8.94. The minimum atomic E-state index is 0.121. The summed E-state index contributed by atoms with van der Waals surface area (Å²) in [5.74, 6) is 6.55. The van der Waals surface area contributed by atoms with Gasteiger partial charge >= 0.3 is 0 Å². The van der Waals surface area contributed by atoms with E-state index in [1.165, 1.54) is 6.33 Å². The Labute approximate surface area is 84.9 Å². The number of rotatable bonds is 4. The topological polar surface area (TPSA) is 63.8 Å². The molecule has 78 valence electrons. The van der Waals surface area contributed by atoms with Crippen molar-refractivity contribution in [3.8, 4) is 0 Å². The van der Waals surface area contributed by atoms with Crippen molar-refractivity contribution in [1.82, 2.24) is 15.4 Å². The first-order chi connectivity index (χ1) is 6.66. The lowest BCUT2D eigenvalue weighted by molar-refractivity contribution is 0.305. The van der Waals surface area contributed by atoms with Crippen LogP contribution in [0.3, 0.4) is 0 Å². The molecule has 3 N–H and O–H groups in total. The van der Waals surface area contributed by atoms with Crippen molar-refractivity contribution in [2.24, 2.45) is 17.7 Å². The molecule has 0 amide bonds. The average molecular weight is 194 g/mol. The smallest absolute Gasteiger partial charge is 0.115 e. The molecule has 0 aromatic carbocycles. The Morgan fingerprint density at radius 2 is 1.79 bits per heavy atom. The summed E-state index contributed by atoms with van der Waals surface area (Å²) in [7, 11) is 0. The average Bonchev–Trinajstić information content (AvgIpc) is 2.20. The van der Waals surface area contributed by atoms with Crippen LogP contribution in [-0.4, -0.2) is 9.97 Å². The Hall–Kier alpha value is -1.00. The van der Waals surface area contributed by atoms with Crippen LogP contribution in [-0.2, 0) is 0 Å². The summed E-state index contributed by atoms with van der Waals surface area (Å²) in [6, 6.07) is 0.121. The number of nitrogens with one attached hydrogen (secondary N) is 1. The lowest BCUT2D eigenvalue weighted by Crippen LogP contribution is -2.34. The molecule has 1 heterocycles. The summed E-state index contributed by atoms with van der Waals surface area (Å²) >= 11 is 0. The third kappa shape index (κ3) is 2.49. The molecule has 0 spiro atoms. The van der Waals surface area contributed by atoms with Gasteiger partial charge < -0.3 is 0 Å². The molecule has 14 heavy (non-hydrogen) atoms. The highest BCUT2D eigenvalue weighted by Crippen LogP contribution is 2.25. The molecule has 0 saturated heterocycles. The molecule has 2 atom stereocenters. The lowest BCUT2D eigenvalue weighted by Gasteiger charge is -2.25. The van der Waals surface area contributed by atoms with Gasteiger partial charge in [-0.25, -0.2) is 9.97 Å². The van der Waals surface area contributed by atoms with Crippen LogP contribution in [0.25, 0.3) is 0 Å². The first kappa shape index (κ1) is 11.1. The fourth-order valence-corrected chi connectivity index (χ4v) is 1.41. The Morgan fingerprint density at radius 3 is 2.21 bits per heavy atom. The van der Waals surface area contributed by atoms with E-state index < -0.39 is 0 Å². The van der Waals surface area contributed by atoms with E-state index in [-0.39, 0.29) is 6.04 Å². The maximum Gasteiger partial charge on any atom is 0.115 e. The molecule has 2 unspecified atom stereocenters. The molecule has 0 saturated carbocycles. The van der Waals surface area contributed by atoms with Gasteiger partial charge in [-0.05, 0) is 11.8 Å². The molecule has 0 radical (unpaired) electrons. The van der Waals surface area contributed by atoms with E-state index in [0.29, 0.717) is 11.8 Å². The van der Waals surface area contributed by atoms with Crippen molar-refractivity contribution < 1.29 is 0 Å². The SMILES string of the molecule is CC(C)C(C)C(NN)c1cncnc1. The normalized spacial score (nSPS) is 15.5. The van der Waals surface area contributed by atoms with Crippen LogP contribution in [0, 0.1) is 11.8 Å². The van der Waals surface area contributed by atoms with E-state index in [9.17, 15) is 0 Å². The van der Waals surface area contributed by atoms with Crippen molar-refractivity contribution in [2.75, 3.05) is 0 Å². The zero-order chi connectivity index (χ0) is 10.6. The summed E-state index contributed by atoms with van der Waals surface area (Å²) in [5.41, 5.74) is 3.86. The van der Waals surface area contributed by atoms with Gasteiger partial charge in [-0.3, -0.25) is 11.3 Å². The Morgan fingerprint density at radius 1 is 1.21 bits per heavy atom. The van der Waals surface area contributed by atoms with E-state index in [2.05, 4.69) is 36.2 Å². The molecule has 0 aliphatic heterocycles. The van der Waals surface area contributed by atoms with Crippen LogP contribution in [0.5, 0.6) is 0 Å². The fraction of sp³-hybridized carbons (Fsp3) is 0.600. The van der Waals surface area contributed by atoms with Gasteiger partial charge in [-0.15, -0.1) is 0 Å². The van der Waals surface area contributed by atoms with Crippen molar-refractivity contribution in [2.45, 2.75) is 26.8 Å². The highest BCUT2D eigenvalue weighted by Gasteiger charge is 2.20. The van der Waals surface area contributed by atoms with Crippen LogP contribution in [0.15, 0.2) is 18.7 Å². The molecule has 4 heteroatoms. The van der Waals surface area contributed by atoms with Gasteiger partial charge in [-0.2, -0.15) is 0 Å². The molecule has 1 rings (SSSR count). The predicted octanol–water partition coefficient (Wildman–Crippen LogP) is 1.27. The maximum atomic E-state index is 5.54. The second-order valence-electron chi connectivity index (χ2n) is 3.92. The van der Waals surface area contributed by atoms with Crippen LogP contribution >= 0.6 is 0 Å². The molecule has 0 aliphatic rings. The molecule has 0 fully saturated rings. The van der Waals surface area contributed by atoms with E-state index in [4.69, 9.17) is 5.84 Å². The second-order valence-corrected chi connectivity index (χ2v) is 3.92. The van der Waals surface area contributed by atoms with E-state index >= 15 is 0 Å². The van der Waals surface area contributed by atoms with Gasteiger partial charge in [0.1, 0.15) is 6.33 Å². The van der Waals surface area contributed by atoms with Crippen molar-refractivity contribution in [3.63, 3.8) is 0 Å². The number of aromatic nitrogens is 2. The summed E-state index contributed by atoms with van der Waals surface area (Å²) in [4.78, 5) is 7.98. The van der Waals surface area contributed by atoms with Crippen molar-refractivity contribution in [1.29, 1.82) is 0 Å². The number of hydrogen-bond acceptors (Lipinski definition) is 4. The van der Waals surface area contributed by atoms with Crippen molar-refractivity contribution in [3.05, 3.63) is 24.3 Å². The highest BCUT2D eigenvalue weighted by molar-refractivity contribution is 5.10. The van der Waals surface area contributed by atoms with Gasteiger partial charge in [0.05, 0.1) is 6.04 Å². The third-order valence-electron chi connectivity index (χ3n) is 2.70. The van der Waals surface area contributed by atoms with E-state index in [0.717, 1.165) is 5.56 Å². The van der Waals surface area contributed by atoms with E-state index in [1.807, 2.05) is 0 Å². The van der Waals surface area contributed by atoms with Gasteiger partial charge in [0.15, 0.2) is 0 Å². The standard InChI is InChI=1S/C10H18N4/c1-7(2)8(3)10(14-11)9-4-12-6-13-5-9/h4-8,10,14H,11H2,1-3H3. The lowest BCUT2D eigenvalue weighted by atomic mass is 9.87. The number of hydrogen-bond donors (Lipinski definition) is 2. The predicted molar refractivity (Wildman–Crippen MR) is 56.1 cm³/mol. The van der Waals surface area contributed by atoms with Crippen molar-refractivity contribution >= 4 is 0 Å². The number of nitrogens with zero attached hydrogens (tertiary/aromatic N) is 2. The Kier molecular flexibility index (Phi) is 3.98. The maximum absolute atomic E-state index is 5.54.